The van der Waals surface area contributed by atoms with E-state index >= 15 is 0 Å². The minimum absolute atomic E-state index is 0.151. The molecule has 3 aromatic rings. The van der Waals surface area contributed by atoms with E-state index in [1.54, 1.807) is 9.80 Å². The molecule has 0 radical (unpaired) electrons. The molecular weight excluding hydrogens is 432 g/mol. The van der Waals surface area contributed by atoms with Crippen molar-refractivity contribution in [2.75, 3.05) is 23.3 Å². The number of rotatable bonds is 6. The van der Waals surface area contributed by atoms with Gasteiger partial charge in [0.05, 0.1) is 17.8 Å². The van der Waals surface area contributed by atoms with E-state index in [1.165, 1.54) is 17.4 Å². The van der Waals surface area contributed by atoms with Gasteiger partial charge >= 0.3 is 6.03 Å². The van der Waals surface area contributed by atoms with Crippen molar-refractivity contribution in [2.24, 2.45) is 0 Å². The van der Waals surface area contributed by atoms with E-state index in [4.69, 9.17) is 0 Å². The van der Waals surface area contributed by atoms with Crippen LogP contribution in [0.4, 0.5) is 25.0 Å². The first kappa shape index (κ1) is 22.0. The topological polar surface area (TPSA) is 52.6 Å². The zero-order chi connectivity index (χ0) is 22.7. The molecule has 8 heteroatoms. The largest absolute Gasteiger partial charge is 0.324 e. The van der Waals surface area contributed by atoms with Crippen molar-refractivity contribution in [1.29, 1.82) is 0 Å². The Hall–Kier alpha value is -3.26. The molecule has 1 aliphatic rings. The predicted molar refractivity (Wildman–Crippen MR) is 122 cm³/mol. The standard InChI is InChI=1S/C24H23F2N3O2S/c1-16-5-8-22(21(12-16)27-23(30)14-18-4-2-11-32-18)29-10-3-9-28(24(29)31)15-17-6-7-19(25)20(26)13-17/h2,4-8,11-13H,3,9-10,14-15H2,1H3,(H,27,30). The van der Waals surface area contributed by atoms with E-state index < -0.39 is 11.6 Å². The molecule has 3 amide bonds. The van der Waals surface area contributed by atoms with Gasteiger partial charge in [0.2, 0.25) is 5.91 Å². The van der Waals surface area contributed by atoms with Gasteiger partial charge in [0.15, 0.2) is 11.6 Å². The molecule has 0 bridgehead atoms. The van der Waals surface area contributed by atoms with Gasteiger partial charge < -0.3 is 10.2 Å². The lowest BCUT2D eigenvalue weighted by Crippen LogP contribution is -2.49. The van der Waals surface area contributed by atoms with Crippen LogP contribution in [0.15, 0.2) is 53.9 Å². The number of aryl methyl sites for hydroxylation is 1. The molecule has 0 spiro atoms. The third-order valence-corrected chi connectivity index (χ3v) is 6.18. The smallest absolute Gasteiger partial charge is 0.324 e. The first-order valence-corrected chi connectivity index (χ1v) is 11.2. The molecule has 2 aromatic carbocycles. The van der Waals surface area contributed by atoms with Crippen LogP contribution >= 0.6 is 11.3 Å². The summed E-state index contributed by atoms with van der Waals surface area (Å²) in [5, 5.41) is 4.88. The predicted octanol–water partition coefficient (Wildman–Crippen LogP) is 5.35. The molecule has 5 nitrogen and oxygen atoms in total. The fourth-order valence-corrected chi connectivity index (χ4v) is 4.46. The molecular formula is C24H23F2N3O2S. The summed E-state index contributed by atoms with van der Waals surface area (Å²) >= 11 is 1.52. The number of halogens is 2. The number of urea groups is 1. The fourth-order valence-electron chi connectivity index (χ4n) is 3.76. The summed E-state index contributed by atoms with van der Waals surface area (Å²) in [4.78, 5) is 30.0. The minimum atomic E-state index is -0.932. The van der Waals surface area contributed by atoms with E-state index in [0.29, 0.717) is 36.4 Å². The Morgan fingerprint density at radius 2 is 1.94 bits per heavy atom. The molecule has 166 valence electrons. The number of thiophene rings is 1. The van der Waals surface area contributed by atoms with Crippen LogP contribution in [-0.4, -0.2) is 29.9 Å². The number of benzene rings is 2. The molecule has 0 saturated carbocycles. The first-order valence-electron chi connectivity index (χ1n) is 10.3. The summed E-state index contributed by atoms with van der Waals surface area (Å²) in [7, 11) is 0. The highest BCUT2D eigenvalue weighted by Crippen LogP contribution is 2.30. The van der Waals surface area contributed by atoms with E-state index in [-0.39, 0.29) is 24.9 Å². The Bertz CT molecular complexity index is 1130. The van der Waals surface area contributed by atoms with Gasteiger partial charge in [-0.2, -0.15) is 0 Å². The van der Waals surface area contributed by atoms with Crippen LogP contribution in [0.25, 0.3) is 0 Å². The highest BCUT2D eigenvalue weighted by molar-refractivity contribution is 7.10. The van der Waals surface area contributed by atoms with Crippen molar-refractivity contribution >= 4 is 34.6 Å². The van der Waals surface area contributed by atoms with Gasteiger partial charge in [0.1, 0.15) is 0 Å². The summed E-state index contributed by atoms with van der Waals surface area (Å²) < 4.78 is 26.8. The molecule has 1 fully saturated rings. The number of anilines is 2. The molecule has 0 atom stereocenters. The maximum atomic E-state index is 13.6. The van der Waals surface area contributed by atoms with Crippen LogP contribution in [0.2, 0.25) is 0 Å². The lowest BCUT2D eigenvalue weighted by Gasteiger charge is -2.36. The molecule has 1 N–H and O–H groups in total. The summed E-state index contributed by atoms with van der Waals surface area (Å²) in [5.74, 6) is -2.00. The van der Waals surface area contributed by atoms with Crippen molar-refractivity contribution in [1.82, 2.24) is 4.90 Å². The van der Waals surface area contributed by atoms with E-state index in [2.05, 4.69) is 5.32 Å². The number of hydrogen-bond donors (Lipinski definition) is 1. The van der Waals surface area contributed by atoms with Crippen LogP contribution in [0.5, 0.6) is 0 Å². The normalized spacial score (nSPS) is 14.0. The first-order chi connectivity index (χ1) is 15.4. The highest BCUT2D eigenvalue weighted by atomic mass is 32.1. The molecule has 0 aliphatic carbocycles. The summed E-state index contributed by atoms with van der Waals surface area (Å²) in [5.41, 5.74) is 2.68. The summed E-state index contributed by atoms with van der Waals surface area (Å²) in [6.07, 6.45) is 0.979. The zero-order valence-electron chi connectivity index (χ0n) is 17.6. The monoisotopic (exact) mass is 455 g/mol. The van der Waals surface area contributed by atoms with E-state index in [9.17, 15) is 18.4 Å². The van der Waals surface area contributed by atoms with Gasteiger partial charge in [0, 0.05) is 24.5 Å². The van der Waals surface area contributed by atoms with Crippen molar-refractivity contribution in [3.63, 3.8) is 0 Å². The second kappa shape index (κ2) is 9.48. The van der Waals surface area contributed by atoms with Gasteiger partial charge in [-0.1, -0.05) is 18.2 Å². The van der Waals surface area contributed by atoms with Gasteiger partial charge in [-0.3, -0.25) is 9.69 Å². The van der Waals surface area contributed by atoms with Crippen molar-refractivity contribution in [3.8, 4) is 0 Å². The number of amides is 3. The Balaban J connectivity index is 1.53. The second-order valence-corrected chi connectivity index (χ2v) is 8.81. The minimum Gasteiger partial charge on any atom is -0.324 e. The van der Waals surface area contributed by atoms with Gasteiger partial charge in [-0.05, 0) is 60.2 Å². The number of hydrogen-bond acceptors (Lipinski definition) is 3. The lowest BCUT2D eigenvalue weighted by molar-refractivity contribution is -0.115. The van der Waals surface area contributed by atoms with Crippen molar-refractivity contribution in [3.05, 3.63) is 81.5 Å². The Morgan fingerprint density at radius 3 is 2.69 bits per heavy atom. The molecule has 2 heterocycles. The third-order valence-electron chi connectivity index (χ3n) is 5.30. The maximum absolute atomic E-state index is 13.6. The number of carbonyl (C=O) groups excluding carboxylic acids is 2. The van der Waals surface area contributed by atoms with Crippen molar-refractivity contribution in [2.45, 2.75) is 26.3 Å². The van der Waals surface area contributed by atoms with E-state index in [0.717, 1.165) is 22.6 Å². The van der Waals surface area contributed by atoms with Gasteiger partial charge in [-0.15, -0.1) is 11.3 Å². The number of nitrogens with zero attached hydrogens (tertiary/aromatic N) is 2. The quantitative estimate of drug-likeness (QED) is 0.545. The second-order valence-electron chi connectivity index (χ2n) is 7.78. The average Bonchev–Trinajstić information content (AvgIpc) is 3.26. The molecule has 1 saturated heterocycles. The maximum Gasteiger partial charge on any atom is 0.324 e. The Kier molecular flexibility index (Phi) is 6.50. The fraction of sp³-hybridized carbons (Fsp3) is 0.250. The highest BCUT2D eigenvalue weighted by Gasteiger charge is 2.29. The molecule has 1 aliphatic heterocycles. The lowest BCUT2D eigenvalue weighted by atomic mass is 10.1. The summed E-state index contributed by atoms with van der Waals surface area (Å²) in [6, 6.07) is 12.8. The molecule has 4 rings (SSSR count). The SMILES string of the molecule is Cc1ccc(N2CCCN(Cc3ccc(F)c(F)c3)C2=O)c(NC(=O)Cc2cccs2)c1. The molecule has 1 aromatic heterocycles. The van der Waals surface area contributed by atoms with Crippen molar-refractivity contribution < 1.29 is 18.4 Å². The average molecular weight is 456 g/mol. The van der Waals surface area contributed by atoms with Gasteiger partial charge in [-0.25, -0.2) is 13.6 Å². The number of carbonyl (C=O) groups is 2. The van der Waals surface area contributed by atoms with Crippen LogP contribution < -0.4 is 10.2 Å². The van der Waals surface area contributed by atoms with Gasteiger partial charge in [0.25, 0.3) is 0 Å². The van der Waals surface area contributed by atoms with Crippen LogP contribution in [0.3, 0.4) is 0 Å². The Morgan fingerprint density at radius 1 is 1.09 bits per heavy atom. The van der Waals surface area contributed by atoms with Crippen LogP contribution in [0, 0.1) is 18.6 Å². The Labute approximate surface area is 189 Å². The number of nitrogens with one attached hydrogen (secondary N) is 1. The third kappa shape index (κ3) is 4.96. The summed E-state index contributed by atoms with van der Waals surface area (Å²) in [6.45, 7) is 3.12. The molecule has 32 heavy (non-hydrogen) atoms. The zero-order valence-corrected chi connectivity index (χ0v) is 18.4. The van der Waals surface area contributed by atoms with Crippen LogP contribution in [-0.2, 0) is 17.8 Å². The van der Waals surface area contributed by atoms with E-state index in [1.807, 2.05) is 42.6 Å². The molecule has 0 unspecified atom stereocenters. The van der Waals surface area contributed by atoms with Crippen LogP contribution in [0.1, 0.15) is 22.4 Å².